The van der Waals surface area contributed by atoms with Crippen molar-refractivity contribution in [2.45, 2.75) is 32.4 Å². The van der Waals surface area contributed by atoms with Gasteiger partial charge >= 0.3 is 6.03 Å². The van der Waals surface area contributed by atoms with Crippen LogP contribution in [-0.4, -0.2) is 42.0 Å². The Kier molecular flexibility index (Phi) is 6.64. The second-order valence-electron chi connectivity index (χ2n) is 5.63. The molecule has 1 aliphatic rings. The van der Waals surface area contributed by atoms with Crippen molar-refractivity contribution < 1.29 is 9.59 Å². The molecule has 2 rings (SSSR count). The average Bonchev–Trinajstić information content (AvgIpc) is 2.84. The Labute approximate surface area is 136 Å². The molecule has 0 saturated carbocycles. The molecule has 0 aromatic heterocycles. The zero-order valence-corrected chi connectivity index (χ0v) is 13.7. The van der Waals surface area contributed by atoms with Crippen LogP contribution in [0.4, 0.5) is 10.5 Å². The SMILES string of the molecule is CC(C)NC(=O)Nc1cccc(C(=O)N2CC[C@@H](N)C2)c1.Cl. The Morgan fingerprint density at radius 2 is 2.09 bits per heavy atom. The zero-order chi connectivity index (χ0) is 15.4. The van der Waals surface area contributed by atoms with Crippen LogP contribution < -0.4 is 16.4 Å². The summed E-state index contributed by atoms with van der Waals surface area (Å²) in [7, 11) is 0. The van der Waals surface area contributed by atoms with Gasteiger partial charge in [0.1, 0.15) is 0 Å². The van der Waals surface area contributed by atoms with E-state index in [1.54, 1.807) is 29.2 Å². The van der Waals surface area contributed by atoms with Crippen molar-refractivity contribution in [2.75, 3.05) is 18.4 Å². The lowest BCUT2D eigenvalue weighted by atomic mass is 10.2. The van der Waals surface area contributed by atoms with E-state index in [-0.39, 0.29) is 36.4 Å². The van der Waals surface area contributed by atoms with Gasteiger partial charge in [0.05, 0.1) is 0 Å². The van der Waals surface area contributed by atoms with E-state index in [0.29, 0.717) is 24.3 Å². The van der Waals surface area contributed by atoms with Crippen LogP contribution >= 0.6 is 12.4 Å². The third-order valence-electron chi connectivity index (χ3n) is 3.30. The Balaban J connectivity index is 0.00000242. The van der Waals surface area contributed by atoms with Crippen molar-refractivity contribution in [3.05, 3.63) is 29.8 Å². The van der Waals surface area contributed by atoms with Crippen LogP contribution in [0, 0.1) is 0 Å². The maximum Gasteiger partial charge on any atom is 0.319 e. The summed E-state index contributed by atoms with van der Waals surface area (Å²) in [5, 5.41) is 5.46. The minimum Gasteiger partial charge on any atom is -0.337 e. The van der Waals surface area contributed by atoms with Crippen LogP contribution in [0.3, 0.4) is 0 Å². The first kappa shape index (κ1) is 18.3. The summed E-state index contributed by atoms with van der Waals surface area (Å²) in [6, 6.07) is 6.79. The van der Waals surface area contributed by atoms with Crippen molar-refractivity contribution in [2.24, 2.45) is 5.73 Å². The molecule has 122 valence electrons. The number of nitrogens with zero attached hydrogens (tertiary/aromatic N) is 1. The molecule has 22 heavy (non-hydrogen) atoms. The fourth-order valence-corrected chi connectivity index (χ4v) is 2.31. The number of hydrogen-bond acceptors (Lipinski definition) is 3. The van der Waals surface area contributed by atoms with E-state index >= 15 is 0 Å². The standard InChI is InChI=1S/C15H22N4O2.ClH/c1-10(2)17-15(21)18-13-5-3-4-11(8-13)14(20)19-7-6-12(16)9-19;/h3-5,8,10,12H,6-7,9,16H2,1-2H3,(H2,17,18,21);1H/t12-;/m1./s1. The quantitative estimate of drug-likeness (QED) is 0.791. The normalized spacial score (nSPS) is 17.1. The molecule has 4 N–H and O–H groups in total. The first-order valence-electron chi connectivity index (χ1n) is 7.18. The number of nitrogens with one attached hydrogen (secondary N) is 2. The highest BCUT2D eigenvalue weighted by Crippen LogP contribution is 2.16. The Bertz CT molecular complexity index is 536. The van der Waals surface area contributed by atoms with Gasteiger partial charge in [0.15, 0.2) is 0 Å². The van der Waals surface area contributed by atoms with E-state index in [1.807, 2.05) is 13.8 Å². The molecule has 1 aliphatic heterocycles. The number of amides is 3. The van der Waals surface area contributed by atoms with Crippen LogP contribution in [0.25, 0.3) is 0 Å². The van der Waals surface area contributed by atoms with E-state index < -0.39 is 0 Å². The lowest BCUT2D eigenvalue weighted by molar-refractivity contribution is 0.0791. The summed E-state index contributed by atoms with van der Waals surface area (Å²) >= 11 is 0. The molecule has 1 saturated heterocycles. The summed E-state index contributed by atoms with van der Waals surface area (Å²) in [6.45, 7) is 5.04. The van der Waals surface area contributed by atoms with Gasteiger partial charge in [0.25, 0.3) is 5.91 Å². The largest absolute Gasteiger partial charge is 0.337 e. The van der Waals surface area contributed by atoms with Crippen molar-refractivity contribution in [3.8, 4) is 0 Å². The minimum absolute atomic E-state index is 0. The molecule has 3 amide bonds. The fourth-order valence-electron chi connectivity index (χ4n) is 2.31. The Morgan fingerprint density at radius 1 is 1.36 bits per heavy atom. The number of carbonyl (C=O) groups is 2. The second kappa shape index (κ2) is 8.00. The van der Waals surface area contributed by atoms with Crippen molar-refractivity contribution in [1.29, 1.82) is 0 Å². The first-order chi connectivity index (χ1) is 9.95. The molecule has 1 aromatic rings. The van der Waals surface area contributed by atoms with Crippen LogP contribution in [0.2, 0.25) is 0 Å². The van der Waals surface area contributed by atoms with Gasteiger partial charge in [-0.15, -0.1) is 12.4 Å². The van der Waals surface area contributed by atoms with Gasteiger partial charge in [-0.25, -0.2) is 4.79 Å². The molecule has 1 atom stereocenters. The van der Waals surface area contributed by atoms with E-state index in [4.69, 9.17) is 5.73 Å². The molecule has 7 heteroatoms. The van der Waals surface area contributed by atoms with Gasteiger partial charge < -0.3 is 21.3 Å². The average molecular weight is 327 g/mol. The molecular weight excluding hydrogens is 304 g/mol. The highest BCUT2D eigenvalue weighted by Gasteiger charge is 2.24. The Morgan fingerprint density at radius 3 is 2.68 bits per heavy atom. The molecule has 0 aliphatic carbocycles. The molecule has 6 nitrogen and oxygen atoms in total. The zero-order valence-electron chi connectivity index (χ0n) is 12.8. The van der Waals surface area contributed by atoms with Gasteiger partial charge in [-0.05, 0) is 38.5 Å². The van der Waals surface area contributed by atoms with Gasteiger partial charge in [0.2, 0.25) is 0 Å². The molecule has 0 bridgehead atoms. The van der Waals surface area contributed by atoms with Crippen LogP contribution in [0.15, 0.2) is 24.3 Å². The highest BCUT2D eigenvalue weighted by molar-refractivity contribution is 5.97. The molecule has 1 aromatic carbocycles. The molecule has 1 heterocycles. The number of benzene rings is 1. The number of hydrogen-bond donors (Lipinski definition) is 3. The van der Waals surface area contributed by atoms with Gasteiger partial charge in [0, 0.05) is 36.4 Å². The fraction of sp³-hybridized carbons (Fsp3) is 0.467. The van der Waals surface area contributed by atoms with E-state index in [0.717, 1.165) is 6.42 Å². The number of urea groups is 1. The third-order valence-corrected chi connectivity index (χ3v) is 3.30. The van der Waals surface area contributed by atoms with Gasteiger partial charge in [-0.2, -0.15) is 0 Å². The highest BCUT2D eigenvalue weighted by atomic mass is 35.5. The number of carbonyl (C=O) groups excluding carboxylic acids is 2. The van der Waals surface area contributed by atoms with E-state index in [9.17, 15) is 9.59 Å². The predicted molar refractivity (Wildman–Crippen MR) is 89.5 cm³/mol. The maximum atomic E-state index is 12.4. The number of rotatable bonds is 3. The maximum absolute atomic E-state index is 12.4. The number of anilines is 1. The summed E-state index contributed by atoms with van der Waals surface area (Å²) < 4.78 is 0. The van der Waals surface area contributed by atoms with Crippen LogP contribution in [-0.2, 0) is 0 Å². The van der Waals surface area contributed by atoms with Crippen LogP contribution in [0.1, 0.15) is 30.6 Å². The van der Waals surface area contributed by atoms with Crippen LogP contribution in [0.5, 0.6) is 0 Å². The lowest BCUT2D eigenvalue weighted by Gasteiger charge is -2.16. The molecule has 0 unspecified atom stereocenters. The van der Waals surface area contributed by atoms with Crippen molar-refractivity contribution >= 4 is 30.0 Å². The Hall–Kier alpha value is -1.79. The second-order valence-corrected chi connectivity index (χ2v) is 5.63. The lowest BCUT2D eigenvalue weighted by Crippen LogP contribution is -2.34. The van der Waals surface area contributed by atoms with E-state index in [1.165, 1.54) is 0 Å². The minimum atomic E-state index is -0.280. The summed E-state index contributed by atoms with van der Waals surface area (Å²) in [5.74, 6) is -0.0455. The smallest absolute Gasteiger partial charge is 0.319 e. The van der Waals surface area contributed by atoms with Gasteiger partial charge in [-0.3, -0.25) is 4.79 Å². The summed E-state index contributed by atoms with van der Waals surface area (Å²) in [4.78, 5) is 25.8. The predicted octanol–water partition coefficient (Wildman–Crippen LogP) is 1.81. The number of nitrogens with two attached hydrogens (primary N) is 1. The summed E-state index contributed by atoms with van der Waals surface area (Å²) in [5.41, 5.74) is 6.99. The number of likely N-dealkylation sites (tertiary alicyclic amines) is 1. The van der Waals surface area contributed by atoms with E-state index in [2.05, 4.69) is 10.6 Å². The van der Waals surface area contributed by atoms with Gasteiger partial charge in [-0.1, -0.05) is 6.07 Å². The van der Waals surface area contributed by atoms with Crippen molar-refractivity contribution in [3.63, 3.8) is 0 Å². The monoisotopic (exact) mass is 326 g/mol. The topological polar surface area (TPSA) is 87.5 Å². The molecule has 0 spiro atoms. The molecular formula is C15H23ClN4O2. The first-order valence-corrected chi connectivity index (χ1v) is 7.18. The molecule has 0 radical (unpaired) electrons. The molecule has 1 fully saturated rings. The van der Waals surface area contributed by atoms with Crippen molar-refractivity contribution in [1.82, 2.24) is 10.2 Å². The summed E-state index contributed by atoms with van der Waals surface area (Å²) in [6.07, 6.45) is 0.834. The number of halogens is 1. The third kappa shape index (κ3) is 4.89.